The van der Waals surface area contributed by atoms with Gasteiger partial charge in [-0.15, -0.1) is 11.3 Å². The lowest BCUT2D eigenvalue weighted by atomic mass is 10.0. The first-order valence-corrected chi connectivity index (χ1v) is 11.6. The molecule has 1 aromatic carbocycles. The Hall–Kier alpha value is -2.29. The summed E-state index contributed by atoms with van der Waals surface area (Å²) in [6, 6.07) is 12.3. The molecular weight excluding hydrogens is 414 g/mol. The third-order valence-corrected chi connectivity index (χ3v) is 6.96. The molecule has 0 saturated carbocycles. The van der Waals surface area contributed by atoms with Crippen molar-refractivity contribution in [3.8, 4) is 10.7 Å². The van der Waals surface area contributed by atoms with Crippen molar-refractivity contribution in [2.24, 2.45) is 0 Å². The van der Waals surface area contributed by atoms with Crippen molar-refractivity contribution in [2.45, 2.75) is 45.3 Å². The number of likely N-dealkylation sites (tertiary alicyclic amines) is 1. The summed E-state index contributed by atoms with van der Waals surface area (Å²) in [6.45, 7) is 6.98. The summed E-state index contributed by atoms with van der Waals surface area (Å²) in [5.74, 6) is 0.702. The normalized spacial score (nSPS) is 16.5. The number of aromatic nitrogens is 3. The SMILES string of the molecule is Cc1ccccc1CN1CCC(NC(=O)C(C)n2c(-c3cccs3)n[nH]c2=S)CC1. The van der Waals surface area contributed by atoms with Gasteiger partial charge in [-0.05, 0) is 61.5 Å². The number of H-pyrrole nitrogens is 1. The molecular formula is C22H27N5OS2. The van der Waals surface area contributed by atoms with Crippen LogP contribution in [0.25, 0.3) is 10.7 Å². The molecule has 3 aromatic rings. The maximum Gasteiger partial charge on any atom is 0.243 e. The smallest absolute Gasteiger partial charge is 0.243 e. The number of piperidine rings is 1. The molecule has 1 fully saturated rings. The van der Waals surface area contributed by atoms with Gasteiger partial charge in [0.15, 0.2) is 10.6 Å². The highest BCUT2D eigenvalue weighted by Crippen LogP contribution is 2.26. The molecule has 3 heterocycles. The van der Waals surface area contributed by atoms with Crippen LogP contribution in [0.3, 0.4) is 0 Å². The molecule has 0 spiro atoms. The van der Waals surface area contributed by atoms with E-state index in [1.807, 2.05) is 29.0 Å². The molecule has 6 nitrogen and oxygen atoms in total. The van der Waals surface area contributed by atoms with Crippen molar-refractivity contribution in [1.29, 1.82) is 0 Å². The van der Waals surface area contributed by atoms with E-state index in [1.165, 1.54) is 11.1 Å². The molecule has 8 heteroatoms. The molecule has 1 unspecified atom stereocenters. The second kappa shape index (κ2) is 9.24. The van der Waals surface area contributed by atoms with E-state index in [0.29, 0.717) is 10.6 Å². The summed E-state index contributed by atoms with van der Waals surface area (Å²) in [5, 5.41) is 12.4. The van der Waals surface area contributed by atoms with E-state index in [2.05, 4.69) is 51.6 Å². The molecule has 2 N–H and O–H groups in total. The van der Waals surface area contributed by atoms with Crippen LogP contribution in [-0.2, 0) is 11.3 Å². The number of carbonyl (C=O) groups is 1. The Balaban J connectivity index is 1.35. The van der Waals surface area contributed by atoms with Gasteiger partial charge in [0.05, 0.1) is 4.88 Å². The fourth-order valence-electron chi connectivity index (χ4n) is 3.95. The number of thiophene rings is 1. The Kier molecular flexibility index (Phi) is 6.46. The predicted molar refractivity (Wildman–Crippen MR) is 123 cm³/mol. The molecule has 0 aliphatic carbocycles. The molecule has 1 aliphatic heterocycles. The Labute approximate surface area is 185 Å². The number of hydrogen-bond donors (Lipinski definition) is 2. The van der Waals surface area contributed by atoms with Crippen LogP contribution in [0, 0.1) is 11.7 Å². The van der Waals surface area contributed by atoms with Crippen LogP contribution < -0.4 is 5.32 Å². The third-order valence-electron chi connectivity index (χ3n) is 5.80. The number of benzene rings is 1. The van der Waals surface area contributed by atoms with Crippen LogP contribution in [0.15, 0.2) is 41.8 Å². The maximum atomic E-state index is 13.0. The first kappa shape index (κ1) is 21.0. The topological polar surface area (TPSA) is 66.0 Å². The lowest BCUT2D eigenvalue weighted by molar-refractivity contribution is -0.124. The van der Waals surface area contributed by atoms with E-state index in [4.69, 9.17) is 12.2 Å². The monoisotopic (exact) mass is 441 g/mol. The number of nitrogens with zero attached hydrogens (tertiary/aromatic N) is 3. The summed E-state index contributed by atoms with van der Waals surface area (Å²) < 4.78 is 2.28. The molecule has 0 radical (unpaired) electrons. The van der Waals surface area contributed by atoms with Crippen molar-refractivity contribution < 1.29 is 4.79 Å². The lowest BCUT2D eigenvalue weighted by Crippen LogP contribution is -2.46. The molecule has 1 atom stereocenters. The average Bonchev–Trinajstić information content (AvgIpc) is 3.40. The standard InChI is InChI=1S/C22H27N5OS2/c1-15-6-3-4-7-17(15)14-26-11-9-18(10-12-26)23-21(28)16(2)27-20(24-25-22(27)29)19-8-5-13-30-19/h3-8,13,16,18H,9-12,14H2,1-2H3,(H,23,28)(H,25,29). The first-order valence-electron chi connectivity index (χ1n) is 10.3. The van der Waals surface area contributed by atoms with E-state index in [-0.39, 0.29) is 11.9 Å². The van der Waals surface area contributed by atoms with E-state index in [0.717, 1.165) is 37.4 Å². The van der Waals surface area contributed by atoms with Crippen molar-refractivity contribution >= 4 is 29.5 Å². The zero-order chi connectivity index (χ0) is 21.1. The summed E-state index contributed by atoms with van der Waals surface area (Å²) in [4.78, 5) is 16.4. The number of rotatable bonds is 6. The summed E-state index contributed by atoms with van der Waals surface area (Å²) in [6.07, 6.45) is 1.91. The van der Waals surface area contributed by atoms with E-state index in [1.54, 1.807) is 11.3 Å². The second-order valence-corrected chi connectivity index (χ2v) is 9.20. The number of nitrogens with one attached hydrogen (secondary N) is 2. The summed E-state index contributed by atoms with van der Waals surface area (Å²) in [5.41, 5.74) is 2.71. The third kappa shape index (κ3) is 4.55. The van der Waals surface area contributed by atoms with Gasteiger partial charge in [-0.2, -0.15) is 5.10 Å². The zero-order valence-electron chi connectivity index (χ0n) is 17.3. The first-order chi connectivity index (χ1) is 14.5. The number of hydrogen-bond acceptors (Lipinski definition) is 5. The van der Waals surface area contributed by atoms with Gasteiger partial charge < -0.3 is 5.32 Å². The molecule has 158 valence electrons. The Morgan fingerprint density at radius 3 is 2.77 bits per heavy atom. The van der Waals surface area contributed by atoms with Gasteiger partial charge in [0.2, 0.25) is 5.91 Å². The Morgan fingerprint density at radius 2 is 2.07 bits per heavy atom. The molecule has 4 rings (SSSR count). The molecule has 0 bridgehead atoms. The van der Waals surface area contributed by atoms with Crippen molar-refractivity contribution in [1.82, 2.24) is 25.0 Å². The van der Waals surface area contributed by atoms with Gasteiger partial charge in [0, 0.05) is 25.7 Å². The van der Waals surface area contributed by atoms with Crippen LogP contribution in [0.5, 0.6) is 0 Å². The van der Waals surface area contributed by atoms with Gasteiger partial charge in [0.1, 0.15) is 6.04 Å². The van der Waals surface area contributed by atoms with E-state index >= 15 is 0 Å². The maximum absolute atomic E-state index is 13.0. The van der Waals surface area contributed by atoms with Gasteiger partial charge in [-0.1, -0.05) is 30.3 Å². The minimum Gasteiger partial charge on any atom is -0.351 e. The minimum absolute atomic E-state index is 0.0114. The molecule has 30 heavy (non-hydrogen) atoms. The fourth-order valence-corrected chi connectivity index (χ4v) is 4.95. The predicted octanol–water partition coefficient (Wildman–Crippen LogP) is 4.32. The number of aryl methyl sites for hydroxylation is 1. The minimum atomic E-state index is -0.418. The highest BCUT2D eigenvalue weighted by atomic mass is 32.1. The highest BCUT2D eigenvalue weighted by Gasteiger charge is 2.26. The molecule has 2 aromatic heterocycles. The summed E-state index contributed by atoms with van der Waals surface area (Å²) >= 11 is 6.98. The Bertz CT molecular complexity index is 1050. The summed E-state index contributed by atoms with van der Waals surface area (Å²) in [7, 11) is 0. The lowest BCUT2D eigenvalue weighted by Gasteiger charge is -2.33. The highest BCUT2D eigenvalue weighted by molar-refractivity contribution is 7.71. The number of amides is 1. The van der Waals surface area contributed by atoms with Crippen LogP contribution in [0.2, 0.25) is 0 Å². The van der Waals surface area contributed by atoms with E-state index < -0.39 is 6.04 Å². The van der Waals surface area contributed by atoms with Crippen LogP contribution >= 0.6 is 23.6 Å². The van der Waals surface area contributed by atoms with Crippen molar-refractivity contribution in [3.05, 3.63) is 57.7 Å². The van der Waals surface area contributed by atoms with Crippen LogP contribution in [0.1, 0.15) is 36.9 Å². The quantitative estimate of drug-likeness (QED) is 0.559. The molecule has 1 saturated heterocycles. The van der Waals surface area contributed by atoms with Gasteiger partial charge >= 0.3 is 0 Å². The van der Waals surface area contributed by atoms with Crippen LogP contribution in [0.4, 0.5) is 0 Å². The Morgan fingerprint density at radius 1 is 1.30 bits per heavy atom. The zero-order valence-corrected chi connectivity index (χ0v) is 18.9. The van der Waals surface area contributed by atoms with Crippen molar-refractivity contribution in [3.63, 3.8) is 0 Å². The number of carbonyl (C=O) groups excluding carboxylic acids is 1. The molecule has 1 amide bonds. The van der Waals surface area contributed by atoms with E-state index in [9.17, 15) is 4.79 Å². The molecule has 1 aliphatic rings. The van der Waals surface area contributed by atoms with Crippen molar-refractivity contribution in [2.75, 3.05) is 13.1 Å². The average molecular weight is 442 g/mol. The van der Waals surface area contributed by atoms with Crippen LogP contribution in [-0.4, -0.2) is 44.7 Å². The number of aromatic amines is 1. The largest absolute Gasteiger partial charge is 0.351 e. The second-order valence-electron chi connectivity index (χ2n) is 7.86. The van der Waals surface area contributed by atoms with Gasteiger partial charge in [-0.25, -0.2) is 0 Å². The fraction of sp³-hybridized carbons (Fsp3) is 0.409. The van der Waals surface area contributed by atoms with Gasteiger partial charge in [0.25, 0.3) is 0 Å². The van der Waals surface area contributed by atoms with Gasteiger partial charge in [-0.3, -0.25) is 19.4 Å².